The Morgan fingerprint density at radius 3 is 2.79 bits per heavy atom. The molecule has 29 heavy (non-hydrogen) atoms. The number of nitrogens with zero attached hydrogens (tertiary/aromatic N) is 4. The first-order valence-electron chi connectivity index (χ1n) is 9.21. The summed E-state index contributed by atoms with van der Waals surface area (Å²) in [6.45, 7) is 7.55. The number of amides is 1. The standard InChI is InChI=1S/C18H23BrClN5O4/c1-5-28-16(26)11-8-10(9-25(11)17(27)29-18(2,3)4)22-14-15-21-6-7-24(15)13(20)12(19)23-14/h6-7,10-11H,5,8-9H2,1-4H3,(H,22,23)/t10-,11-/m0/s1. The van der Waals surface area contributed by atoms with Gasteiger partial charge in [0.1, 0.15) is 21.4 Å². The van der Waals surface area contributed by atoms with Crippen LogP contribution in [0.5, 0.6) is 0 Å². The number of esters is 1. The van der Waals surface area contributed by atoms with E-state index in [1.807, 2.05) is 0 Å². The van der Waals surface area contributed by atoms with Gasteiger partial charge in [-0.15, -0.1) is 0 Å². The molecule has 0 saturated carbocycles. The second-order valence-corrected chi connectivity index (χ2v) is 8.75. The summed E-state index contributed by atoms with van der Waals surface area (Å²) in [5.74, 6) is 0.0313. The Hall–Kier alpha value is -2.07. The van der Waals surface area contributed by atoms with Gasteiger partial charge in [-0.2, -0.15) is 0 Å². The first kappa shape index (κ1) is 21.6. The average Bonchev–Trinajstić information content (AvgIpc) is 3.25. The van der Waals surface area contributed by atoms with E-state index in [0.717, 1.165) is 0 Å². The van der Waals surface area contributed by atoms with Crippen LogP contribution in [0.15, 0.2) is 17.0 Å². The number of nitrogens with one attached hydrogen (secondary N) is 1. The molecule has 1 aliphatic rings. The normalized spacial score (nSPS) is 19.4. The Kier molecular flexibility index (Phi) is 6.23. The van der Waals surface area contributed by atoms with Gasteiger partial charge >= 0.3 is 12.1 Å². The van der Waals surface area contributed by atoms with Crippen LogP contribution < -0.4 is 5.32 Å². The third-order valence-corrected chi connectivity index (χ3v) is 5.42. The van der Waals surface area contributed by atoms with Gasteiger partial charge in [0.25, 0.3) is 0 Å². The summed E-state index contributed by atoms with van der Waals surface area (Å²) in [7, 11) is 0. The molecule has 1 aliphatic heterocycles. The van der Waals surface area contributed by atoms with Gasteiger partial charge in [0, 0.05) is 31.4 Å². The average molecular weight is 489 g/mol. The summed E-state index contributed by atoms with van der Waals surface area (Å²) in [5.41, 5.74) is -0.131. The molecule has 1 amide bonds. The number of carbonyl (C=O) groups excluding carboxylic acids is 2. The fourth-order valence-corrected chi connectivity index (χ4v) is 3.69. The Morgan fingerprint density at radius 1 is 1.41 bits per heavy atom. The Balaban J connectivity index is 1.84. The maximum absolute atomic E-state index is 12.7. The molecular weight excluding hydrogens is 466 g/mol. The van der Waals surface area contributed by atoms with E-state index < -0.39 is 23.7 Å². The molecule has 0 aromatic carbocycles. The van der Waals surface area contributed by atoms with Crippen molar-refractivity contribution in [3.63, 3.8) is 0 Å². The molecule has 2 aromatic rings. The number of fused-ring (bicyclic) bond motifs is 1. The number of hydrogen-bond donors (Lipinski definition) is 1. The molecule has 1 saturated heterocycles. The molecule has 158 valence electrons. The van der Waals surface area contributed by atoms with Crippen molar-refractivity contribution in [1.82, 2.24) is 19.3 Å². The van der Waals surface area contributed by atoms with Crippen LogP contribution in [0.25, 0.3) is 5.65 Å². The van der Waals surface area contributed by atoms with Crippen LogP contribution in [0.4, 0.5) is 10.6 Å². The third kappa shape index (κ3) is 4.75. The van der Waals surface area contributed by atoms with Crippen LogP contribution in [0.1, 0.15) is 34.1 Å². The van der Waals surface area contributed by atoms with Crippen LogP contribution in [-0.4, -0.2) is 62.2 Å². The Morgan fingerprint density at radius 2 is 2.14 bits per heavy atom. The molecule has 1 N–H and O–H groups in total. The molecule has 1 fully saturated rings. The second-order valence-electron chi connectivity index (χ2n) is 7.64. The highest BCUT2D eigenvalue weighted by atomic mass is 79.9. The van der Waals surface area contributed by atoms with E-state index in [1.54, 1.807) is 44.5 Å². The van der Waals surface area contributed by atoms with Crippen LogP contribution in [0.3, 0.4) is 0 Å². The van der Waals surface area contributed by atoms with Gasteiger partial charge in [-0.3, -0.25) is 9.30 Å². The quantitative estimate of drug-likeness (QED) is 0.658. The van der Waals surface area contributed by atoms with E-state index in [4.69, 9.17) is 21.1 Å². The number of halogens is 2. The summed E-state index contributed by atoms with van der Waals surface area (Å²) >= 11 is 9.57. The van der Waals surface area contributed by atoms with Crippen molar-refractivity contribution in [2.24, 2.45) is 0 Å². The fraction of sp³-hybridized carbons (Fsp3) is 0.556. The Bertz CT molecular complexity index is 929. The maximum atomic E-state index is 12.7. The summed E-state index contributed by atoms with van der Waals surface area (Å²) in [6.07, 6.45) is 3.13. The molecule has 0 aliphatic carbocycles. The predicted octanol–water partition coefficient (Wildman–Crippen LogP) is 3.50. The van der Waals surface area contributed by atoms with Gasteiger partial charge < -0.3 is 14.8 Å². The van der Waals surface area contributed by atoms with Gasteiger partial charge in [-0.25, -0.2) is 19.6 Å². The second kappa shape index (κ2) is 8.35. The molecule has 9 nitrogen and oxygen atoms in total. The minimum Gasteiger partial charge on any atom is -0.464 e. The number of ether oxygens (including phenoxy) is 2. The smallest absolute Gasteiger partial charge is 0.411 e. The number of carbonyl (C=O) groups is 2. The zero-order valence-electron chi connectivity index (χ0n) is 16.6. The fourth-order valence-electron chi connectivity index (χ4n) is 3.15. The van der Waals surface area contributed by atoms with Gasteiger partial charge in [-0.05, 0) is 43.6 Å². The van der Waals surface area contributed by atoms with Crippen molar-refractivity contribution in [2.45, 2.75) is 51.8 Å². The highest BCUT2D eigenvalue weighted by Gasteiger charge is 2.42. The lowest BCUT2D eigenvalue weighted by Crippen LogP contribution is -2.44. The van der Waals surface area contributed by atoms with E-state index in [-0.39, 0.29) is 19.2 Å². The van der Waals surface area contributed by atoms with Crippen molar-refractivity contribution in [1.29, 1.82) is 0 Å². The van der Waals surface area contributed by atoms with Crippen LogP contribution in [0.2, 0.25) is 5.15 Å². The van der Waals surface area contributed by atoms with Crippen molar-refractivity contribution >= 4 is 51.1 Å². The number of hydrogen-bond acceptors (Lipinski definition) is 7. The predicted molar refractivity (Wildman–Crippen MR) is 111 cm³/mol. The summed E-state index contributed by atoms with van der Waals surface area (Å²) in [6, 6.07) is -0.994. The van der Waals surface area contributed by atoms with Crippen LogP contribution in [0, 0.1) is 0 Å². The van der Waals surface area contributed by atoms with Crippen molar-refractivity contribution in [2.75, 3.05) is 18.5 Å². The lowest BCUT2D eigenvalue weighted by Gasteiger charge is -2.27. The summed E-state index contributed by atoms with van der Waals surface area (Å²) in [4.78, 5) is 35.2. The molecule has 3 rings (SSSR count). The minimum absolute atomic E-state index is 0.232. The van der Waals surface area contributed by atoms with Gasteiger partial charge in [0.2, 0.25) is 0 Å². The van der Waals surface area contributed by atoms with Crippen molar-refractivity contribution in [3.8, 4) is 0 Å². The van der Waals surface area contributed by atoms with E-state index in [1.165, 1.54) is 4.90 Å². The van der Waals surface area contributed by atoms with E-state index in [9.17, 15) is 9.59 Å². The highest BCUT2D eigenvalue weighted by Crippen LogP contribution is 2.29. The summed E-state index contributed by atoms with van der Waals surface area (Å²) < 4.78 is 12.8. The van der Waals surface area contributed by atoms with Crippen molar-refractivity contribution < 1.29 is 19.1 Å². The maximum Gasteiger partial charge on any atom is 0.411 e. The summed E-state index contributed by atoms with van der Waals surface area (Å²) in [5, 5.41) is 3.67. The molecule has 3 heterocycles. The number of likely N-dealkylation sites (tertiary alicyclic amines) is 1. The van der Waals surface area contributed by atoms with Crippen LogP contribution in [-0.2, 0) is 14.3 Å². The first-order valence-corrected chi connectivity index (χ1v) is 10.4. The Labute approximate surface area is 181 Å². The first-order chi connectivity index (χ1) is 13.6. The molecular formula is C18H23BrClN5O4. The van der Waals surface area contributed by atoms with Crippen molar-refractivity contribution in [3.05, 3.63) is 22.1 Å². The van der Waals surface area contributed by atoms with Gasteiger partial charge in [0.15, 0.2) is 11.5 Å². The van der Waals surface area contributed by atoms with Crippen LogP contribution >= 0.6 is 27.5 Å². The van der Waals surface area contributed by atoms with Gasteiger partial charge in [0.05, 0.1) is 6.61 Å². The molecule has 2 aromatic heterocycles. The topological polar surface area (TPSA) is 98.1 Å². The largest absolute Gasteiger partial charge is 0.464 e. The minimum atomic E-state index is -0.742. The third-order valence-electron chi connectivity index (χ3n) is 4.27. The lowest BCUT2D eigenvalue weighted by molar-refractivity contribution is -0.148. The molecule has 0 radical (unpaired) electrons. The molecule has 0 spiro atoms. The number of imidazole rings is 1. The molecule has 0 unspecified atom stereocenters. The van der Waals surface area contributed by atoms with E-state index >= 15 is 0 Å². The molecule has 2 atom stereocenters. The molecule has 11 heteroatoms. The zero-order chi connectivity index (χ0) is 21.3. The van der Waals surface area contributed by atoms with E-state index in [0.29, 0.717) is 27.6 Å². The zero-order valence-corrected chi connectivity index (χ0v) is 19.0. The SMILES string of the molecule is CCOC(=O)[C@@H]1C[C@H](Nc2nc(Br)c(Cl)n3ccnc23)CN1C(=O)OC(C)(C)C. The monoisotopic (exact) mass is 487 g/mol. The van der Waals surface area contributed by atoms with E-state index in [2.05, 4.69) is 31.2 Å². The number of aromatic nitrogens is 3. The molecule has 0 bridgehead atoms. The highest BCUT2D eigenvalue weighted by molar-refractivity contribution is 9.10. The lowest BCUT2D eigenvalue weighted by atomic mass is 10.1. The number of rotatable bonds is 4. The number of anilines is 1. The van der Waals surface area contributed by atoms with Gasteiger partial charge in [-0.1, -0.05) is 11.6 Å².